The number of rotatable bonds is 6. The molecular weight excluding hydrogens is 392 g/mol. The van der Waals surface area contributed by atoms with Crippen LogP contribution < -0.4 is 5.32 Å². The zero-order chi connectivity index (χ0) is 20.2. The molecule has 1 amide bonds. The molecule has 1 aliphatic rings. The lowest BCUT2D eigenvalue weighted by Crippen LogP contribution is -2.22. The lowest BCUT2D eigenvalue weighted by molar-refractivity contribution is -0.146. The van der Waals surface area contributed by atoms with Crippen LogP contribution in [-0.2, 0) is 33.6 Å². The molecule has 148 valence electrons. The summed E-state index contributed by atoms with van der Waals surface area (Å²) in [5, 5.41) is 7.22. The van der Waals surface area contributed by atoms with Crippen LogP contribution in [0, 0.1) is 0 Å². The second-order valence-electron chi connectivity index (χ2n) is 6.84. The van der Waals surface area contributed by atoms with Gasteiger partial charge >= 0.3 is 5.97 Å². The minimum Gasteiger partial charge on any atom is -0.455 e. The highest BCUT2D eigenvalue weighted by molar-refractivity contribution is 6.31. The summed E-state index contributed by atoms with van der Waals surface area (Å²) in [7, 11) is 0. The van der Waals surface area contributed by atoms with Crippen molar-refractivity contribution in [2.75, 3.05) is 11.9 Å². The number of fused-ring (bicyclic) bond motifs is 1. The van der Waals surface area contributed by atoms with Gasteiger partial charge in [0, 0.05) is 5.02 Å². The van der Waals surface area contributed by atoms with Crippen LogP contribution in [0.15, 0.2) is 49.1 Å². The summed E-state index contributed by atoms with van der Waals surface area (Å²) in [6, 6.07) is 11.1. The van der Waals surface area contributed by atoms with Gasteiger partial charge in [0.15, 0.2) is 6.61 Å². The van der Waals surface area contributed by atoms with Crippen LogP contribution in [-0.4, -0.2) is 33.2 Å². The molecule has 0 fully saturated rings. The standard InChI is InChI=1S/C21H19ClN4O3/c22-17-6-7-19(26-13-23-12-24-26)18(10-17)25-20(27)11-29-21(28)9-14-4-5-15-2-1-3-16(15)8-14/h4-8,10,12-13H,1-3,9,11H2,(H,25,27). The molecule has 1 heterocycles. The van der Waals surface area contributed by atoms with Crippen molar-refractivity contribution in [3.8, 4) is 5.69 Å². The number of carbonyl (C=O) groups excluding carboxylic acids is 2. The lowest BCUT2D eigenvalue weighted by atomic mass is 10.0. The van der Waals surface area contributed by atoms with E-state index in [0.29, 0.717) is 16.4 Å². The monoisotopic (exact) mass is 410 g/mol. The average Bonchev–Trinajstić information content (AvgIpc) is 3.38. The Kier molecular flexibility index (Phi) is 5.57. The van der Waals surface area contributed by atoms with Crippen LogP contribution in [0.4, 0.5) is 5.69 Å². The van der Waals surface area contributed by atoms with Crippen LogP contribution >= 0.6 is 11.6 Å². The average molecular weight is 411 g/mol. The number of halogens is 1. The van der Waals surface area contributed by atoms with E-state index >= 15 is 0 Å². The minimum absolute atomic E-state index is 0.141. The molecule has 1 aromatic heterocycles. The van der Waals surface area contributed by atoms with Crippen LogP contribution in [0.25, 0.3) is 5.69 Å². The number of nitrogens with zero attached hydrogens (tertiary/aromatic N) is 3. The van der Waals surface area contributed by atoms with Gasteiger partial charge in [0.05, 0.1) is 17.8 Å². The summed E-state index contributed by atoms with van der Waals surface area (Å²) in [4.78, 5) is 28.3. The molecule has 7 nitrogen and oxygen atoms in total. The fraction of sp³-hybridized carbons (Fsp3) is 0.238. The summed E-state index contributed by atoms with van der Waals surface area (Å²) in [5.74, 6) is -0.906. The molecule has 29 heavy (non-hydrogen) atoms. The normalized spacial score (nSPS) is 12.4. The molecule has 1 aliphatic carbocycles. The number of aryl methyl sites for hydroxylation is 2. The van der Waals surface area contributed by atoms with E-state index in [9.17, 15) is 9.59 Å². The second-order valence-corrected chi connectivity index (χ2v) is 7.28. The number of nitrogens with one attached hydrogen (secondary N) is 1. The molecule has 0 saturated heterocycles. The highest BCUT2D eigenvalue weighted by Gasteiger charge is 2.15. The van der Waals surface area contributed by atoms with Crippen molar-refractivity contribution in [1.82, 2.24) is 14.8 Å². The highest BCUT2D eigenvalue weighted by atomic mass is 35.5. The Bertz CT molecular complexity index is 1050. The summed E-state index contributed by atoms with van der Waals surface area (Å²) in [6.07, 6.45) is 6.34. The molecule has 0 aliphatic heterocycles. The maximum atomic E-state index is 12.3. The highest BCUT2D eigenvalue weighted by Crippen LogP contribution is 2.24. The molecule has 3 aromatic rings. The first kappa shape index (κ1) is 19.1. The molecule has 0 unspecified atom stereocenters. The molecular formula is C21H19ClN4O3. The Balaban J connectivity index is 1.34. The number of hydrogen-bond donors (Lipinski definition) is 1. The van der Waals surface area contributed by atoms with Crippen LogP contribution in [0.3, 0.4) is 0 Å². The lowest BCUT2D eigenvalue weighted by Gasteiger charge is -2.12. The van der Waals surface area contributed by atoms with E-state index in [0.717, 1.165) is 24.8 Å². The van der Waals surface area contributed by atoms with Gasteiger partial charge in [-0.3, -0.25) is 9.59 Å². The van der Waals surface area contributed by atoms with E-state index in [1.807, 2.05) is 6.07 Å². The zero-order valence-electron chi connectivity index (χ0n) is 15.6. The Morgan fingerprint density at radius 3 is 2.83 bits per heavy atom. The van der Waals surface area contributed by atoms with Gasteiger partial charge in [0.25, 0.3) is 5.91 Å². The van der Waals surface area contributed by atoms with Gasteiger partial charge in [0.1, 0.15) is 12.7 Å². The minimum atomic E-state index is -0.462. The number of esters is 1. The Morgan fingerprint density at radius 2 is 2.00 bits per heavy atom. The maximum absolute atomic E-state index is 12.3. The van der Waals surface area contributed by atoms with Crippen LogP contribution in [0.1, 0.15) is 23.1 Å². The van der Waals surface area contributed by atoms with Crippen molar-refractivity contribution in [2.24, 2.45) is 0 Å². The second kappa shape index (κ2) is 8.45. The van der Waals surface area contributed by atoms with E-state index in [4.69, 9.17) is 16.3 Å². The Labute approximate surface area is 172 Å². The molecule has 4 rings (SSSR count). The largest absolute Gasteiger partial charge is 0.455 e. The summed E-state index contributed by atoms with van der Waals surface area (Å²) in [6.45, 7) is -0.382. The molecule has 0 saturated carbocycles. The number of aromatic nitrogens is 3. The third-order valence-electron chi connectivity index (χ3n) is 4.77. The Morgan fingerprint density at radius 1 is 1.14 bits per heavy atom. The first-order valence-corrected chi connectivity index (χ1v) is 9.67. The van der Waals surface area contributed by atoms with Crippen LogP contribution in [0.2, 0.25) is 5.02 Å². The van der Waals surface area contributed by atoms with Gasteiger partial charge in [0.2, 0.25) is 0 Å². The molecule has 0 radical (unpaired) electrons. The van der Waals surface area contributed by atoms with Crippen molar-refractivity contribution in [3.63, 3.8) is 0 Å². The van der Waals surface area contributed by atoms with Crippen molar-refractivity contribution in [3.05, 3.63) is 70.8 Å². The number of anilines is 1. The van der Waals surface area contributed by atoms with E-state index in [2.05, 4.69) is 27.5 Å². The Hall–Kier alpha value is -3.19. The van der Waals surface area contributed by atoms with Gasteiger partial charge < -0.3 is 10.1 Å². The third-order valence-corrected chi connectivity index (χ3v) is 5.01. The molecule has 0 bridgehead atoms. The van der Waals surface area contributed by atoms with Crippen molar-refractivity contribution in [2.45, 2.75) is 25.7 Å². The molecule has 2 aromatic carbocycles. The number of ether oxygens (including phenoxy) is 1. The predicted octanol–water partition coefficient (Wildman–Crippen LogP) is 3.13. The number of amides is 1. The fourth-order valence-corrected chi connectivity index (χ4v) is 3.60. The van der Waals surface area contributed by atoms with E-state index < -0.39 is 11.9 Å². The van der Waals surface area contributed by atoms with Gasteiger partial charge in [-0.25, -0.2) is 9.67 Å². The summed E-state index contributed by atoms with van der Waals surface area (Å²) < 4.78 is 6.65. The topological polar surface area (TPSA) is 86.1 Å². The van der Waals surface area contributed by atoms with Crippen LogP contribution in [0.5, 0.6) is 0 Å². The van der Waals surface area contributed by atoms with Gasteiger partial charge in [-0.15, -0.1) is 0 Å². The predicted molar refractivity (Wildman–Crippen MR) is 108 cm³/mol. The van der Waals surface area contributed by atoms with Crippen molar-refractivity contribution >= 4 is 29.2 Å². The third kappa shape index (κ3) is 4.63. The quantitative estimate of drug-likeness (QED) is 0.631. The summed E-state index contributed by atoms with van der Waals surface area (Å²) in [5.41, 5.74) is 4.60. The van der Waals surface area contributed by atoms with Gasteiger partial charge in [-0.1, -0.05) is 29.8 Å². The van der Waals surface area contributed by atoms with E-state index in [1.54, 1.807) is 18.2 Å². The molecule has 8 heteroatoms. The first-order chi connectivity index (χ1) is 14.1. The summed E-state index contributed by atoms with van der Waals surface area (Å²) >= 11 is 6.04. The fourth-order valence-electron chi connectivity index (χ4n) is 3.43. The number of benzene rings is 2. The van der Waals surface area contributed by atoms with Crippen molar-refractivity contribution in [1.29, 1.82) is 0 Å². The zero-order valence-corrected chi connectivity index (χ0v) is 16.4. The van der Waals surface area contributed by atoms with E-state index in [1.165, 1.54) is 28.5 Å². The van der Waals surface area contributed by atoms with Crippen molar-refractivity contribution < 1.29 is 14.3 Å². The van der Waals surface area contributed by atoms with E-state index in [-0.39, 0.29) is 13.0 Å². The smallest absolute Gasteiger partial charge is 0.310 e. The van der Waals surface area contributed by atoms with Gasteiger partial charge in [-0.05, 0) is 54.2 Å². The first-order valence-electron chi connectivity index (χ1n) is 9.29. The SMILES string of the molecule is O=C(COC(=O)Cc1ccc2c(c1)CCC2)Nc1cc(Cl)ccc1-n1cncn1. The molecule has 0 atom stereocenters. The number of hydrogen-bond acceptors (Lipinski definition) is 5. The maximum Gasteiger partial charge on any atom is 0.310 e. The number of carbonyl (C=O) groups is 2. The molecule has 1 N–H and O–H groups in total. The van der Waals surface area contributed by atoms with Gasteiger partial charge in [-0.2, -0.15) is 5.10 Å². The molecule has 0 spiro atoms.